The molecule has 2 heterocycles. The van der Waals surface area contributed by atoms with E-state index in [1.807, 2.05) is 26.1 Å². The molecule has 0 saturated heterocycles. The Morgan fingerprint density at radius 1 is 1.19 bits per heavy atom. The van der Waals surface area contributed by atoms with E-state index in [1.165, 1.54) is 17.8 Å². The fraction of sp³-hybridized carbons (Fsp3) is 0.286. The van der Waals surface area contributed by atoms with Crippen LogP contribution in [0.2, 0.25) is 0 Å². The van der Waals surface area contributed by atoms with Crippen molar-refractivity contribution in [3.8, 4) is 0 Å². The highest BCUT2D eigenvalue weighted by Gasteiger charge is 2.30. The first-order valence-electron chi connectivity index (χ1n) is 6.25. The standard InChI is InChI=1S/C14H14F3N3S/c1-9(18-2)11-4-3-7-19-13(11)21-12-6-5-10(8-20-12)14(15,16)17/h3-9,18H,1-2H3. The zero-order chi connectivity index (χ0) is 15.5. The van der Waals surface area contributed by atoms with Crippen LogP contribution in [0, 0.1) is 0 Å². The third kappa shape index (κ3) is 3.95. The Morgan fingerprint density at radius 2 is 1.95 bits per heavy atom. The number of hydrogen-bond acceptors (Lipinski definition) is 4. The molecule has 21 heavy (non-hydrogen) atoms. The van der Waals surface area contributed by atoms with Gasteiger partial charge in [0.25, 0.3) is 0 Å². The van der Waals surface area contributed by atoms with Crippen LogP contribution in [0.3, 0.4) is 0 Å². The Kier molecular flexibility index (Phi) is 4.84. The van der Waals surface area contributed by atoms with E-state index in [2.05, 4.69) is 15.3 Å². The largest absolute Gasteiger partial charge is 0.417 e. The van der Waals surface area contributed by atoms with Gasteiger partial charge in [0.05, 0.1) is 5.56 Å². The van der Waals surface area contributed by atoms with Gasteiger partial charge in [0.1, 0.15) is 10.1 Å². The van der Waals surface area contributed by atoms with E-state index in [-0.39, 0.29) is 6.04 Å². The minimum Gasteiger partial charge on any atom is -0.313 e. The number of nitrogens with one attached hydrogen (secondary N) is 1. The molecule has 0 saturated carbocycles. The molecule has 1 N–H and O–H groups in total. The molecule has 2 rings (SSSR count). The predicted octanol–water partition coefficient (Wildman–Crippen LogP) is 3.93. The van der Waals surface area contributed by atoms with Crippen molar-refractivity contribution in [2.75, 3.05) is 7.05 Å². The average Bonchev–Trinajstić information content (AvgIpc) is 2.46. The first kappa shape index (κ1) is 15.8. The van der Waals surface area contributed by atoms with Gasteiger partial charge in [-0.25, -0.2) is 9.97 Å². The Hall–Kier alpha value is -1.60. The normalized spacial score (nSPS) is 13.2. The molecule has 0 radical (unpaired) electrons. The Bertz CT molecular complexity index is 599. The smallest absolute Gasteiger partial charge is 0.313 e. The molecule has 0 aromatic carbocycles. The lowest BCUT2D eigenvalue weighted by Crippen LogP contribution is -2.13. The molecule has 0 bridgehead atoms. The summed E-state index contributed by atoms with van der Waals surface area (Å²) in [5, 5.41) is 4.32. The summed E-state index contributed by atoms with van der Waals surface area (Å²) in [6, 6.07) is 6.24. The van der Waals surface area contributed by atoms with Crippen LogP contribution in [-0.2, 0) is 6.18 Å². The summed E-state index contributed by atoms with van der Waals surface area (Å²) in [7, 11) is 1.84. The van der Waals surface area contributed by atoms with Crippen molar-refractivity contribution in [1.82, 2.24) is 15.3 Å². The van der Waals surface area contributed by atoms with Gasteiger partial charge < -0.3 is 5.32 Å². The maximum atomic E-state index is 12.5. The van der Waals surface area contributed by atoms with E-state index in [1.54, 1.807) is 6.20 Å². The monoisotopic (exact) mass is 313 g/mol. The minimum absolute atomic E-state index is 0.0932. The molecule has 0 spiro atoms. The third-order valence-electron chi connectivity index (χ3n) is 2.97. The molecule has 112 valence electrons. The third-order valence-corrected chi connectivity index (χ3v) is 3.95. The quantitative estimate of drug-likeness (QED) is 0.928. The van der Waals surface area contributed by atoms with E-state index in [0.717, 1.165) is 22.9 Å². The van der Waals surface area contributed by atoms with E-state index in [9.17, 15) is 13.2 Å². The molecule has 3 nitrogen and oxygen atoms in total. The molecule has 0 aliphatic carbocycles. The molecule has 1 atom stereocenters. The summed E-state index contributed by atoms with van der Waals surface area (Å²) >= 11 is 1.25. The van der Waals surface area contributed by atoms with E-state index >= 15 is 0 Å². The summed E-state index contributed by atoms with van der Waals surface area (Å²) in [6.07, 6.45) is -1.88. The molecule has 0 aliphatic heterocycles. The zero-order valence-electron chi connectivity index (χ0n) is 11.5. The summed E-state index contributed by atoms with van der Waals surface area (Å²) in [5.41, 5.74) is 0.225. The van der Waals surface area contributed by atoms with Gasteiger partial charge in [0.2, 0.25) is 0 Å². The predicted molar refractivity (Wildman–Crippen MR) is 75.1 cm³/mol. The zero-order valence-corrected chi connectivity index (χ0v) is 12.3. The van der Waals surface area contributed by atoms with Crippen molar-refractivity contribution in [2.45, 2.75) is 29.2 Å². The van der Waals surface area contributed by atoms with Gasteiger partial charge in [-0.2, -0.15) is 13.2 Å². The van der Waals surface area contributed by atoms with Gasteiger partial charge in [-0.15, -0.1) is 0 Å². The first-order chi connectivity index (χ1) is 9.91. The summed E-state index contributed by atoms with van der Waals surface area (Å²) < 4.78 is 37.5. The van der Waals surface area contributed by atoms with E-state index in [0.29, 0.717) is 5.03 Å². The van der Waals surface area contributed by atoms with Crippen molar-refractivity contribution in [2.24, 2.45) is 0 Å². The van der Waals surface area contributed by atoms with Gasteiger partial charge in [-0.05, 0) is 43.9 Å². The van der Waals surface area contributed by atoms with Crippen LogP contribution in [0.25, 0.3) is 0 Å². The molecular formula is C14H14F3N3S. The van der Waals surface area contributed by atoms with Crippen molar-refractivity contribution in [3.05, 3.63) is 47.8 Å². The second-order valence-electron chi connectivity index (χ2n) is 4.39. The van der Waals surface area contributed by atoms with Crippen LogP contribution in [-0.4, -0.2) is 17.0 Å². The highest BCUT2D eigenvalue weighted by molar-refractivity contribution is 7.99. The maximum absolute atomic E-state index is 12.5. The summed E-state index contributed by atoms with van der Waals surface area (Å²) in [5.74, 6) is 0. The van der Waals surface area contributed by atoms with Gasteiger partial charge in [-0.1, -0.05) is 6.07 Å². The Morgan fingerprint density at radius 3 is 2.52 bits per heavy atom. The molecular weight excluding hydrogens is 299 g/mol. The Labute approximate surface area is 125 Å². The van der Waals surface area contributed by atoms with E-state index in [4.69, 9.17) is 0 Å². The second-order valence-corrected chi connectivity index (χ2v) is 5.40. The minimum atomic E-state index is -4.37. The van der Waals surface area contributed by atoms with Gasteiger partial charge >= 0.3 is 6.18 Å². The second kappa shape index (κ2) is 6.44. The Balaban J connectivity index is 2.23. The van der Waals surface area contributed by atoms with Gasteiger partial charge in [0.15, 0.2) is 0 Å². The van der Waals surface area contributed by atoms with Crippen LogP contribution in [0.4, 0.5) is 13.2 Å². The summed E-state index contributed by atoms with van der Waals surface area (Å²) in [4.78, 5) is 8.12. The van der Waals surface area contributed by atoms with Gasteiger partial charge in [0, 0.05) is 24.0 Å². The molecule has 7 heteroatoms. The molecule has 1 unspecified atom stereocenters. The lowest BCUT2D eigenvalue weighted by molar-refractivity contribution is -0.137. The highest BCUT2D eigenvalue weighted by Crippen LogP contribution is 2.33. The summed E-state index contributed by atoms with van der Waals surface area (Å²) in [6.45, 7) is 1.99. The van der Waals surface area contributed by atoms with Crippen molar-refractivity contribution >= 4 is 11.8 Å². The lowest BCUT2D eigenvalue weighted by Gasteiger charge is -2.14. The number of nitrogens with zero attached hydrogens (tertiary/aromatic N) is 2. The number of rotatable bonds is 4. The first-order valence-corrected chi connectivity index (χ1v) is 7.06. The number of hydrogen-bond donors (Lipinski definition) is 1. The molecule has 0 amide bonds. The maximum Gasteiger partial charge on any atom is 0.417 e. The van der Waals surface area contributed by atoms with Crippen LogP contribution in [0.15, 0.2) is 46.7 Å². The van der Waals surface area contributed by atoms with Gasteiger partial charge in [-0.3, -0.25) is 0 Å². The molecule has 2 aromatic rings. The number of pyridine rings is 2. The van der Waals surface area contributed by atoms with Crippen LogP contribution in [0.1, 0.15) is 24.1 Å². The fourth-order valence-electron chi connectivity index (χ4n) is 1.68. The van der Waals surface area contributed by atoms with Crippen molar-refractivity contribution in [1.29, 1.82) is 0 Å². The van der Waals surface area contributed by atoms with Crippen LogP contribution in [0.5, 0.6) is 0 Å². The molecule has 2 aromatic heterocycles. The van der Waals surface area contributed by atoms with Crippen molar-refractivity contribution < 1.29 is 13.2 Å². The van der Waals surface area contributed by atoms with Crippen molar-refractivity contribution in [3.63, 3.8) is 0 Å². The molecule has 0 aliphatic rings. The number of halogens is 3. The fourth-order valence-corrected chi connectivity index (χ4v) is 2.60. The van der Waals surface area contributed by atoms with E-state index < -0.39 is 11.7 Å². The highest BCUT2D eigenvalue weighted by atomic mass is 32.2. The van der Waals surface area contributed by atoms with Crippen LogP contribution >= 0.6 is 11.8 Å². The number of alkyl halides is 3. The molecule has 0 fully saturated rings. The average molecular weight is 313 g/mol. The SMILES string of the molecule is CNC(C)c1cccnc1Sc1ccc(C(F)(F)F)cn1. The topological polar surface area (TPSA) is 37.8 Å². The number of aromatic nitrogens is 2. The van der Waals surface area contributed by atoms with Crippen LogP contribution < -0.4 is 5.32 Å². The lowest BCUT2D eigenvalue weighted by atomic mass is 10.1.